The van der Waals surface area contributed by atoms with Crippen molar-refractivity contribution in [1.82, 2.24) is 44.0 Å². The van der Waals surface area contributed by atoms with Crippen LogP contribution >= 0.6 is 0 Å². The molecule has 0 unspecified atom stereocenters. The molecule has 0 bridgehead atoms. The number of hydrogen-bond donors (Lipinski definition) is 3. The first kappa shape index (κ1) is 33.7. The van der Waals surface area contributed by atoms with E-state index in [9.17, 15) is 14.4 Å². The Labute approximate surface area is 315 Å². The van der Waals surface area contributed by atoms with E-state index in [4.69, 9.17) is 17.6 Å². The molecule has 8 aromatic rings. The number of aromatic nitrogens is 8. The van der Waals surface area contributed by atoms with Gasteiger partial charge in [-0.3, -0.25) is 19.0 Å². The predicted molar refractivity (Wildman–Crippen MR) is 207 cm³/mol. The predicted octanol–water partition coefficient (Wildman–Crippen LogP) is 3.97. The summed E-state index contributed by atoms with van der Waals surface area (Å²) in [7, 11) is 0.0576. The van der Waals surface area contributed by atoms with Crippen molar-refractivity contribution >= 4 is 45.0 Å². The molecule has 0 aliphatic rings. The number of hydrogen-bond acceptors (Lipinski definition) is 10. The molecule has 15 heteroatoms. The van der Waals surface area contributed by atoms with Gasteiger partial charge in [-0.1, -0.05) is 59.8 Å². The van der Waals surface area contributed by atoms with Crippen molar-refractivity contribution in [3.05, 3.63) is 137 Å². The molecular weight excluding hydrogens is 699 g/mol. The summed E-state index contributed by atoms with van der Waals surface area (Å²) in [6.07, 6.45) is 7.02. The van der Waals surface area contributed by atoms with E-state index in [1.807, 2.05) is 79.0 Å². The molecule has 0 saturated carbocycles. The van der Waals surface area contributed by atoms with Gasteiger partial charge in [-0.2, -0.15) is 0 Å². The number of esters is 1. The normalized spacial score (nSPS) is 12.9. The summed E-state index contributed by atoms with van der Waals surface area (Å²) in [4.78, 5) is 45.4. The van der Waals surface area contributed by atoms with E-state index < -0.39 is 24.0 Å². The Balaban J connectivity index is 1.03. The highest BCUT2D eigenvalue weighted by atomic mass is 16.5. The average molecular weight is 737 g/mol. The summed E-state index contributed by atoms with van der Waals surface area (Å²) in [5.74, 6) is -1.00. The number of aryl methyl sites for hydroxylation is 1. The number of benzene rings is 3. The van der Waals surface area contributed by atoms with Crippen LogP contribution in [-0.4, -0.2) is 63.3 Å². The Morgan fingerprint density at radius 1 is 1.02 bits per heavy atom. The average Bonchev–Trinajstić information content (AvgIpc) is 3.92. The van der Waals surface area contributed by atoms with Gasteiger partial charge in [-0.15, -0.1) is 10.2 Å². The maximum atomic E-state index is 14.6. The maximum Gasteiger partial charge on any atom is 0.323 e. The van der Waals surface area contributed by atoms with Crippen LogP contribution in [-0.2, 0) is 29.5 Å². The highest BCUT2D eigenvalue weighted by molar-refractivity contribution is 6.04. The Morgan fingerprint density at radius 2 is 1.84 bits per heavy atom. The van der Waals surface area contributed by atoms with Crippen molar-refractivity contribution in [2.24, 2.45) is 12.8 Å². The first-order valence-electron chi connectivity index (χ1n) is 18.2. The molecule has 15 nitrogen and oxygen atoms in total. The molecule has 0 aliphatic heterocycles. The van der Waals surface area contributed by atoms with Gasteiger partial charge in [-0.05, 0) is 48.2 Å². The Hall–Kier alpha value is -7.13. The van der Waals surface area contributed by atoms with E-state index in [1.165, 1.54) is 9.20 Å². The van der Waals surface area contributed by atoms with Gasteiger partial charge in [0.2, 0.25) is 0 Å². The van der Waals surface area contributed by atoms with Gasteiger partial charge in [0.15, 0.2) is 11.5 Å². The van der Waals surface area contributed by atoms with E-state index >= 15 is 0 Å². The Bertz CT molecular complexity index is 2810. The fraction of sp³-hybridized carbons (Fsp3) is 0.175. The lowest BCUT2D eigenvalue weighted by atomic mass is 10.0. The van der Waals surface area contributed by atoms with Gasteiger partial charge in [-0.25, -0.2) is 14.2 Å². The van der Waals surface area contributed by atoms with Crippen molar-refractivity contribution in [2.45, 2.75) is 32.0 Å². The third-order valence-corrected chi connectivity index (χ3v) is 9.52. The van der Waals surface area contributed by atoms with Crippen LogP contribution < -0.4 is 22.3 Å². The lowest BCUT2D eigenvalue weighted by Crippen LogP contribution is -2.35. The van der Waals surface area contributed by atoms with Crippen molar-refractivity contribution < 1.29 is 15.7 Å². The third-order valence-electron chi connectivity index (χ3n) is 9.52. The zero-order valence-corrected chi connectivity index (χ0v) is 29.7. The molecule has 1 amide bonds. The molecule has 5 heterocycles. The number of carbonyl (C=O) groups is 2. The largest absolute Gasteiger partial charge is 0.463 e. The van der Waals surface area contributed by atoms with Crippen LogP contribution in [0.15, 0.2) is 115 Å². The van der Waals surface area contributed by atoms with E-state index in [0.29, 0.717) is 39.1 Å². The number of pyridine rings is 1. The first-order valence-corrected chi connectivity index (χ1v) is 17.5. The summed E-state index contributed by atoms with van der Waals surface area (Å²) >= 11 is 0. The topological polar surface area (TPSA) is 195 Å². The molecule has 5 N–H and O–H groups in total. The summed E-state index contributed by atoms with van der Waals surface area (Å²) in [6, 6.07) is 24.3. The summed E-state index contributed by atoms with van der Waals surface area (Å²) in [5.41, 5.74) is 16.4. The van der Waals surface area contributed by atoms with Gasteiger partial charge < -0.3 is 26.1 Å². The van der Waals surface area contributed by atoms with Gasteiger partial charge in [0, 0.05) is 61.3 Å². The molecular formula is C40H37N11O4. The highest BCUT2D eigenvalue weighted by Gasteiger charge is 2.25. The van der Waals surface area contributed by atoms with Crippen LogP contribution in [0.2, 0.25) is 0 Å². The van der Waals surface area contributed by atoms with Crippen molar-refractivity contribution in [3.8, 4) is 16.9 Å². The quantitative estimate of drug-likeness (QED) is 0.164. The zero-order chi connectivity index (χ0) is 38.9. The standard InChI is InChI=1S/C40H37N11O4/c1-24(44-38(52)35-36(42)46-50-17-9-16-43-37(35)50)33-21-25-10-8-14-29(34(25)39(53)51(33)27-11-4-3-5-12-27)31-23-49(47-45-31)18-19-55-40(54)30(41)20-26-22-48(2)32-15-7-6-13-28(26)32/h3-17,21-24,30H,18-20,41H2,1-2H3,(H2,42,46)(H,44,52)/t24-,30+/m1/s1/i2D. The number of ether oxygens (including phenoxy) is 1. The smallest absolute Gasteiger partial charge is 0.323 e. The number of fused-ring (bicyclic) bond motifs is 3. The van der Waals surface area contributed by atoms with E-state index in [1.54, 1.807) is 46.8 Å². The summed E-state index contributed by atoms with van der Waals surface area (Å²) in [6.45, 7) is 2.00. The Morgan fingerprint density at radius 3 is 2.67 bits per heavy atom. The number of nitrogens with zero attached hydrogens (tertiary/aromatic N) is 8. The summed E-state index contributed by atoms with van der Waals surface area (Å²) in [5, 5.41) is 17.8. The van der Waals surface area contributed by atoms with E-state index in [0.717, 1.165) is 16.5 Å². The molecule has 3 aromatic carbocycles. The van der Waals surface area contributed by atoms with Crippen LogP contribution in [0.5, 0.6) is 0 Å². The molecule has 8 rings (SSSR count). The van der Waals surface area contributed by atoms with Crippen molar-refractivity contribution in [3.63, 3.8) is 0 Å². The number of carbonyl (C=O) groups excluding carboxylic acids is 2. The van der Waals surface area contributed by atoms with Crippen LogP contribution in [0.4, 0.5) is 5.82 Å². The Kier molecular flexibility index (Phi) is 8.80. The lowest BCUT2D eigenvalue weighted by Gasteiger charge is -2.21. The molecule has 0 saturated heterocycles. The summed E-state index contributed by atoms with van der Waals surface area (Å²) < 4.78 is 19.7. The second-order valence-corrected chi connectivity index (χ2v) is 13.1. The number of nitrogens with one attached hydrogen (secondary N) is 1. The van der Waals surface area contributed by atoms with Crippen LogP contribution in [0, 0.1) is 0 Å². The van der Waals surface area contributed by atoms with Gasteiger partial charge in [0.1, 0.15) is 23.9 Å². The third kappa shape index (κ3) is 6.57. The van der Waals surface area contributed by atoms with Crippen molar-refractivity contribution in [1.29, 1.82) is 0 Å². The SMILES string of the molecule is [2H]Cn1cc(C[C@H](N)C(=O)OCCn2cc(-c3cccc4cc([C@@H](C)NC(=O)c5c(N)nn6cccnc56)n(-c5ccccc5)c(=O)c34)nn2)c2ccccc21. The molecule has 0 fully saturated rings. The monoisotopic (exact) mass is 736 g/mol. The fourth-order valence-corrected chi connectivity index (χ4v) is 6.91. The van der Waals surface area contributed by atoms with Gasteiger partial charge in [0.25, 0.3) is 11.5 Å². The maximum absolute atomic E-state index is 14.6. The van der Waals surface area contributed by atoms with Crippen molar-refractivity contribution in [2.75, 3.05) is 12.3 Å². The number of para-hydroxylation sites is 2. The molecule has 5 aromatic heterocycles. The second kappa shape index (κ2) is 14.4. The second-order valence-electron chi connectivity index (χ2n) is 13.1. The number of nitrogen functional groups attached to an aromatic ring is 1. The molecule has 2 atom stereocenters. The van der Waals surface area contributed by atoms with Gasteiger partial charge >= 0.3 is 5.97 Å². The first-order chi connectivity index (χ1) is 27.2. The fourth-order valence-electron chi connectivity index (χ4n) is 6.91. The lowest BCUT2D eigenvalue weighted by molar-refractivity contribution is -0.145. The van der Waals surface area contributed by atoms with E-state index in [-0.39, 0.29) is 43.5 Å². The minimum atomic E-state index is -0.893. The molecule has 276 valence electrons. The van der Waals surface area contributed by atoms with Crippen LogP contribution in [0.3, 0.4) is 0 Å². The molecule has 55 heavy (non-hydrogen) atoms. The van der Waals surface area contributed by atoms with Crippen LogP contribution in [0.25, 0.3) is 44.3 Å². The minimum Gasteiger partial charge on any atom is -0.463 e. The molecule has 0 radical (unpaired) electrons. The highest BCUT2D eigenvalue weighted by Crippen LogP contribution is 2.29. The zero-order valence-electron chi connectivity index (χ0n) is 30.7. The van der Waals surface area contributed by atoms with Gasteiger partial charge in [0.05, 0.1) is 24.2 Å². The number of amides is 1. The number of nitrogens with two attached hydrogens (primary N) is 2. The van der Waals surface area contributed by atoms with Crippen LogP contribution in [0.1, 0.15) is 36.0 Å². The molecule has 0 aliphatic carbocycles. The number of rotatable bonds is 11. The molecule has 0 spiro atoms. The van der Waals surface area contributed by atoms with E-state index in [2.05, 4.69) is 25.7 Å². The minimum absolute atomic E-state index is 0.00408. The number of anilines is 1.